The first-order valence-electron chi connectivity index (χ1n) is 6.06. The van der Waals surface area contributed by atoms with E-state index in [2.05, 4.69) is 16.0 Å². The lowest BCUT2D eigenvalue weighted by Crippen LogP contribution is -2.03. The van der Waals surface area contributed by atoms with Crippen molar-refractivity contribution in [2.75, 3.05) is 0 Å². The summed E-state index contributed by atoms with van der Waals surface area (Å²) < 4.78 is 0. The molecule has 1 aromatic carbocycles. The number of benzene rings is 1. The van der Waals surface area contributed by atoms with Crippen LogP contribution in [0.25, 0.3) is 16.6 Å². The number of para-hydroxylation sites is 2. The highest BCUT2D eigenvalue weighted by molar-refractivity contribution is 6.21. The van der Waals surface area contributed by atoms with Crippen LogP contribution in [-0.4, -0.2) is 15.8 Å². The molecule has 2 aliphatic rings. The molecule has 3 nitrogen and oxygen atoms in total. The van der Waals surface area contributed by atoms with Gasteiger partial charge in [-0.25, -0.2) is 9.97 Å². The van der Waals surface area contributed by atoms with E-state index in [0.29, 0.717) is 5.69 Å². The molecule has 2 aromatic rings. The van der Waals surface area contributed by atoms with Gasteiger partial charge < -0.3 is 0 Å². The second-order valence-electron chi connectivity index (χ2n) is 4.57. The Morgan fingerprint density at radius 2 is 1.72 bits per heavy atom. The topological polar surface area (TPSA) is 42.9 Å². The monoisotopic (exact) mass is 234 g/mol. The molecule has 4 rings (SSSR count). The minimum Gasteiger partial charge on any atom is -0.287 e. The third kappa shape index (κ3) is 1.16. The van der Waals surface area contributed by atoms with E-state index in [1.54, 1.807) is 0 Å². The van der Waals surface area contributed by atoms with Crippen LogP contribution in [0.5, 0.6) is 0 Å². The van der Waals surface area contributed by atoms with Crippen molar-refractivity contribution >= 4 is 22.4 Å². The molecule has 0 aliphatic heterocycles. The molecule has 0 unspecified atom stereocenters. The maximum Gasteiger partial charge on any atom is 0.210 e. The van der Waals surface area contributed by atoms with Crippen LogP contribution >= 0.6 is 0 Å². The largest absolute Gasteiger partial charge is 0.287 e. The van der Waals surface area contributed by atoms with Crippen LogP contribution in [0.1, 0.15) is 29.0 Å². The van der Waals surface area contributed by atoms with Gasteiger partial charge in [-0.1, -0.05) is 24.3 Å². The highest BCUT2D eigenvalue weighted by Crippen LogP contribution is 2.37. The van der Waals surface area contributed by atoms with Gasteiger partial charge in [0.25, 0.3) is 0 Å². The van der Waals surface area contributed by atoms with Gasteiger partial charge in [0.15, 0.2) is 0 Å². The number of allylic oxidation sites excluding steroid dienone is 4. The van der Waals surface area contributed by atoms with Gasteiger partial charge in [0.05, 0.1) is 11.0 Å². The molecular formula is C15H10N2O. The molecule has 0 radical (unpaired) electrons. The summed E-state index contributed by atoms with van der Waals surface area (Å²) >= 11 is 0. The van der Waals surface area contributed by atoms with Gasteiger partial charge in [0.2, 0.25) is 5.78 Å². The minimum atomic E-state index is 0.0580. The van der Waals surface area contributed by atoms with Gasteiger partial charge in [-0.3, -0.25) is 4.79 Å². The van der Waals surface area contributed by atoms with E-state index in [0.717, 1.165) is 40.7 Å². The minimum absolute atomic E-state index is 0.0580. The van der Waals surface area contributed by atoms with Crippen molar-refractivity contribution in [3.05, 3.63) is 53.4 Å². The van der Waals surface area contributed by atoms with Gasteiger partial charge in [0, 0.05) is 11.1 Å². The van der Waals surface area contributed by atoms with Crippen LogP contribution in [0.2, 0.25) is 0 Å². The Labute approximate surface area is 104 Å². The van der Waals surface area contributed by atoms with Crippen molar-refractivity contribution in [2.45, 2.75) is 12.8 Å². The Balaban J connectivity index is 2.06. The molecule has 1 aromatic heterocycles. The Morgan fingerprint density at radius 1 is 1.00 bits per heavy atom. The lowest BCUT2D eigenvalue weighted by atomic mass is 9.99. The van der Waals surface area contributed by atoms with Gasteiger partial charge in [0.1, 0.15) is 11.4 Å². The SMILES string of the molecule is O=C1C2=C(C=CCC2)c2nc3ccccc3nc21. The molecule has 0 saturated carbocycles. The zero-order chi connectivity index (χ0) is 12.1. The first-order valence-corrected chi connectivity index (χ1v) is 6.06. The van der Waals surface area contributed by atoms with E-state index >= 15 is 0 Å². The summed E-state index contributed by atoms with van der Waals surface area (Å²) in [6.07, 6.45) is 5.83. The molecule has 0 fully saturated rings. The molecule has 86 valence electrons. The van der Waals surface area contributed by atoms with E-state index in [4.69, 9.17) is 0 Å². The van der Waals surface area contributed by atoms with Crippen molar-refractivity contribution < 1.29 is 4.79 Å². The molecular weight excluding hydrogens is 224 g/mol. The molecule has 0 N–H and O–H groups in total. The van der Waals surface area contributed by atoms with Crippen LogP contribution in [0.3, 0.4) is 0 Å². The van der Waals surface area contributed by atoms with Crippen molar-refractivity contribution in [3.63, 3.8) is 0 Å². The van der Waals surface area contributed by atoms with Crippen molar-refractivity contribution in [3.8, 4) is 0 Å². The van der Waals surface area contributed by atoms with E-state index < -0.39 is 0 Å². The number of nitrogens with zero attached hydrogens (tertiary/aromatic N) is 2. The summed E-state index contributed by atoms with van der Waals surface area (Å²) in [6, 6.07) is 7.67. The standard InChI is InChI=1S/C15H10N2O/c18-15-10-6-2-1-5-9(10)13-14(15)17-12-8-4-3-7-11(12)16-13/h1,3-5,7-8H,2,6H2. The van der Waals surface area contributed by atoms with Crippen LogP contribution in [0, 0.1) is 0 Å². The highest BCUT2D eigenvalue weighted by atomic mass is 16.1. The number of carbonyl (C=O) groups is 1. The van der Waals surface area contributed by atoms with E-state index in [9.17, 15) is 4.79 Å². The van der Waals surface area contributed by atoms with E-state index in [1.165, 1.54) is 0 Å². The average Bonchev–Trinajstić information content (AvgIpc) is 2.71. The number of aromatic nitrogens is 2. The lowest BCUT2D eigenvalue weighted by molar-refractivity contribution is 0.103. The number of fused-ring (bicyclic) bond motifs is 3. The first kappa shape index (κ1) is 9.71. The summed E-state index contributed by atoms with van der Waals surface area (Å²) in [5.74, 6) is 0.0580. The molecule has 2 aliphatic carbocycles. The Kier molecular flexibility index (Phi) is 1.81. The third-order valence-electron chi connectivity index (χ3n) is 3.49. The Morgan fingerprint density at radius 3 is 2.50 bits per heavy atom. The predicted octanol–water partition coefficient (Wildman–Crippen LogP) is 2.93. The molecule has 0 bridgehead atoms. The first-order chi connectivity index (χ1) is 8.84. The fourth-order valence-corrected chi connectivity index (χ4v) is 2.61. The van der Waals surface area contributed by atoms with Gasteiger partial charge in [-0.15, -0.1) is 0 Å². The quantitative estimate of drug-likeness (QED) is 0.703. The van der Waals surface area contributed by atoms with Crippen LogP contribution in [-0.2, 0) is 0 Å². The Bertz CT molecular complexity index is 756. The number of ketones is 1. The molecule has 3 heteroatoms. The van der Waals surface area contributed by atoms with Crippen LogP contribution in [0.15, 0.2) is 42.0 Å². The normalized spacial score (nSPS) is 17.2. The van der Waals surface area contributed by atoms with Crippen LogP contribution in [0.4, 0.5) is 0 Å². The zero-order valence-corrected chi connectivity index (χ0v) is 9.68. The smallest absolute Gasteiger partial charge is 0.210 e. The highest BCUT2D eigenvalue weighted by Gasteiger charge is 2.32. The number of carbonyl (C=O) groups excluding carboxylic acids is 1. The number of hydrogen-bond acceptors (Lipinski definition) is 3. The summed E-state index contributed by atoms with van der Waals surface area (Å²) in [6.45, 7) is 0. The van der Waals surface area contributed by atoms with Gasteiger partial charge >= 0.3 is 0 Å². The number of rotatable bonds is 0. The number of hydrogen-bond donors (Lipinski definition) is 0. The molecule has 0 atom stereocenters. The zero-order valence-electron chi connectivity index (χ0n) is 9.68. The maximum atomic E-state index is 12.3. The average molecular weight is 234 g/mol. The fraction of sp³-hybridized carbons (Fsp3) is 0.133. The summed E-state index contributed by atoms with van der Waals surface area (Å²) in [5.41, 5.74) is 4.75. The fourth-order valence-electron chi connectivity index (χ4n) is 2.61. The molecule has 1 heterocycles. The van der Waals surface area contributed by atoms with E-state index in [-0.39, 0.29) is 5.78 Å². The second-order valence-corrected chi connectivity index (χ2v) is 4.57. The summed E-state index contributed by atoms with van der Waals surface area (Å²) in [7, 11) is 0. The maximum absolute atomic E-state index is 12.3. The molecule has 0 saturated heterocycles. The molecule has 0 spiro atoms. The van der Waals surface area contributed by atoms with Gasteiger partial charge in [-0.05, 0) is 25.0 Å². The van der Waals surface area contributed by atoms with Crippen molar-refractivity contribution in [1.82, 2.24) is 9.97 Å². The lowest BCUT2D eigenvalue weighted by Gasteiger charge is -2.05. The summed E-state index contributed by atoms with van der Waals surface area (Å²) in [4.78, 5) is 21.4. The van der Waals surface area contributed by atoms with Crippen LogP contribution < -0.4 is 0 Å². The molecule has 18 heavy (non-hydrogen) atoms. The summed E-state index contributed by atoms with van der Waals surface area (Å²) in [5, 5.41) is 0. The third-order valence-corrected chi connectivity index (χ3v) is 3.49. The second kappa shape index (κ2) is 3.35. The van der Waals surface area contributed by atoms with Crippen molar-refractivity contribution in [1.29, 1.82) is 0 Å². The van der Waals surface area contributed by atoms with Crippen molar-refractivity contribution in [2.24, 2.45) is 0 Å². The van der Waals surface area contributed by atoms with Gasteiger partial charge in [-0.2, -0.15) is 0 Å². The number of Topliss-reactive ketones (excluding diaryl/α,β-unsaturated/α-hetero) is 1. The predicted molar refractivity (Wildman–Crippen MR) is 69.2 cm³/mol. The molecule has 0 amide bonds. The Hall–Kier alpha value is -2.29. The van der Waals surface area contributed by atoms with E-state index in [1.807, 2.05) is 30.3 Å².